The van der Waals surface area contributed by atoms with Gasteiger partial charge in [-0.1, -0.05) is 23.5 Å². The molecule has 2 atom stereocenters. The molecule has 2 aromatic carbocycles. The van der Waals surface area contributed by atoms with Crippen LogP contribution in [0.25, 0.3) is 5.76 Å². The summed E-state index contributed by atoms with van der Waals surface area (Å²) in [5.74, 6) is -0.418. The number of amides is 1. The predicted octanol–water partition coefficient (Wildman–Crippen LogP) is 4.19. The highest BCUT2D eigenvalue weighted by Crippen LogP contribution is 2.44. The number of aliphatic hydroxyl groups excluding tert-OH is 1. The first-order valence-electron chi connectivity index (χ1n) is 11.0. The highest BCUT2D eigenvalue weighted by atomic mass is 32.1. The van der Waals surface area contributed by atoms with Crippen LogP contribution in [0.4, 0.5) is 5.13 Å². The zero-order valence-corrected chi connectivity index (χ0v) is 19.8. The summed E-state index contributed by atoms with van der Waals surface area (Å²) in [4.78, 5) is 27.8. The third-order valence-electron chi connectivity index (χ3n) is 5.82. The monoisotopic (exact) mass is 477 g/mol. The van der Waals surface area contributed by atoms with Crippen molar-refractivity contribution < 1.29 is 24.2 Å². The van der Waals surface area contributed by atoms with Gasteiger partial charge in [-0.05, 0) is 62.2 Å². The molecule has 34 heavy (non-hydrogen) atoms. The lowest BCUT2D eigenvalue weighted by Crippen LogP contribution is -2.29. The fourth-order valence-electron chi connectivity index (χ4n) is 4.39. The largest absolute Gasteiger partial charge is 0.507 e. The van der Waals surface area contributed by atoms with Gasteiger partial charge in [0.25, 0.3) is 5.78 Å². The third-order valence-corrected chi connectivity index (χ3v) is 6.66. The standard InChI is InChI=1S/C25H23N3O5S/c1-4-32-18-7-5-6-15(12-18)21-20(23(30)24(31)28(21)25-27-26-14(3)34-25)22(29)16-8-9-19-17(11-16)10-13(2)33-19/h5-9,11-13,21,29H,4,10H2,1-3H3/b22-20+. The molecule has 3 heterocycles. The Morgan fingerprint density at radius 2 is 2.06 bits per heavy atom. The van der Waals surface area contributed by atoms with Crippen molar-refractivity contribution in [3.05, 3.63) is 69.7 Å². The number of benzene rings is 2. The average molecular weight is 478 g/mol. The molecule has 1 aromatic heterocycles. The van der Waals surface area contributed by atoms with E-state index in [1.54, 1.807) is 43.3 Å². The van der Waals surface area contributed by atoms with Gasteiger partial charge in [0, 0.05) is 12.0 Å². The molecule has 0 bridgehead atoms. The lowest BCUT2D eigenvalue weighted by molar-refractivity contribution is -0.132. The number of hydrogen-bond donors (Lipinski definition) is 1. The summed E-state index contributed by atoms with van der Waals surface area (Å²) in [5.41, 5.74) is 2.02. The van der Waals surface area contributed by atoms with E-state index in [9.17, 15) is 14.7 Å². The minimum Gasteiger partial charge on any atom is -0.507 e. The van der Waals surface area contributed by atoms with Crippen molar-refractivity contribution in [1.82, 2.24) is 10.2 Å². The molecule has 1 amide bonds. The Hall–Kier alpha value is -3.72. The van der Waals surface area contributed by atoms with Crippen molar-refractivity contribution in [1.29, 1.82) is 0 Å². The maximum Gasteiger partial charge on any atom is 0.301 e. The number of ketones is 1. The summed E-state index contributed by atoms with van der Waals surface area (Å²) in [7, 11) is 0. The van der Waals surface area contributed by atoms with Crippen LogP contribution in [-0.4, -0.2) is 39.7 Å². The van der Waals surface area contributed by atoms with Crippen molar-refractivity contribution in [3.63, 3.8) is 0 Å². The van der Waals surface area contributed by atoms with Crippen LogP contribution in [0.5, 0.6) is 11.5 Å². The second-order valence-corrected chi connectivity index (χ2v) is 9.39. The number of carbonyl (C=O) groups excluding carboxylic acids is 2. The number of rotatable bonds is 5. The summed E-state index contributed by atoms with van der Waals surface area (Å²) in [6.07, 6.45) is 0.745. The lowest BCUT2D eigenvalue weighted by Gasteiger charge is -2.23. The van der Waals surface area contributed by atoms with Crippen LogP contribution in [0.2, 0.25) is 0 Å². The molecule has 0 spiro atoms. The van der Waals surface area contributed by atoms with Crippen molar-refractivity contribution in [3.8, 4) is 11.5 Å². The number of aromatic nitrogens is 2. The molecule has 2 aliphatic heterocycles. The number of aryl methyl sites for hydroxylation is 1. The van der Waals surface area contributed by atoms with E-state index >= 15 is 0 Å². The van der Waals surface area contributed by atoms with Gasteiger partial charge >= 0.3 is 5.91 Å². The van der Waals surface area contributed by atoms with Gasteiger partial charge in [0.05, 0.1) is 18.2 Å². The zero-order valence-electron chi connectivity index (χ0n) is 18.9. The molecule has 0 saturated carbocycles. The van der Waals surface area contributed by atoms with Gasteiger partial charge < -0.3 is 14.6 Å². The van der Waals surface area contributed by atoms with Crippen LogP contribution < -0.4 is 14.4 Å². The van der Waals surface area contributed by atoms with E-state index in [1.165, 1.54) is 16.2 Å². The van der Waals surface area contributed by atoms with Crippen LogP contribution in [0.3, 0.4) is 0 Å². The minimum atomic E-state index is -0.879. The summed E-state index contributed by atoms with van der Waals surface area (Å²) < 4.78 is 11.4. The molecule has 2 aliphatic rings. The Morgan fingerprint density at radius 1 is 1.24 bits per heavy atom. The normalized spacial score (nSPS) is 21.0. The van der Waals surface area contributed by atoms with E-state index in [0.29, 0.717) is 40.0 Å². The maximum atomic E-state index is 13.3. The fourth-order valence-corrected chi connectivity index (χ4v) is 5.11. The molecule has 2 unspecified atom stereocenters. The number of carbonyl (C=O) groups is 2. The first-order chi connectivity index (χ1) is 16.4. The van der Waals surface area contributed by atoms with Crippen LogP contribution in [0.15, 0.2) is 48.0 Å². The minimum absolute atomic E-state index is 0.00147. The first-order valence-corrected chi connectivity index (χ1v) is 11.8. The highest BCUT2D eigenvalue weighted by molar-refractivity contribution is 7.15. The van der Waals surface area contributed by atoms with Gasteiger partial charge in [-0.25, -0.2) is 0 Å². The molecule has 174 valence electrons. The molecule has 9 heteroatoms. The molecule has 0 radical (unpaired) electrons. The average Bonchev–Trinajstić information content (AvgIpc) is 3.48. The summed E-state index contributed by atoms with van der Waals surface area (Å²) in [6.45, 7) is 6.09. The topological polar surface area (TPSA) is 102 Å². The molecule has 1 N–H and O–H groups in total. The van der Waals surface area contributed by atoms with Gasteiger partial charge in [-0.15, -0.1) is 10.2 Å². The second-order valence-electron chi connectivity index (χ2n) is 8.23. The number of fused-ring (bicyclic) bond motifs is 1. The van der Waals surface area contributed by atoms with Crippen LogP contribution in [0.1, 0.15) is 41.6 Å². The fraction of sp³-hybridized carbons (Fsp3) is 0.280. The number of anilines is 1. The number of hydrogen-bond acceptors (Lipinski definition) is 8. The van der Waals surface area contributed by atoms with Crippen LogP contribution in [0, 0.1) is 6.92 Å². The molecule has 8 nitrogen and oxygen atoms in total. The van der Waals surface area contributed by atoms with E-state index < -0.39 is 17.7 Å². The second kappa shape index (κ2) is 8.57. The maximum absolute atomic E-state index is 13.3. The summed E-state index contributed by atoms with van der Waals surface area (Å²) in [6, 6.07) is 11.6. The lowest BCUT2D eigenvalue weighted by atomic mass is 9.94. The molecule has 1 saturated heterocycles. The Labute approximate surface area is 200 Å². The smallest absolute Gasteiger partial charge is 0.301 e. The van der Waals surface area contributed by atoms with Crippen molar-refractivity contribution in [2.45, 2.75) is 39.3 Å². The van der Waals surface area contributed by atoms with Gasteiger partial charge in [-0.3, -0.25) is 14.5 Å². The SMILES string of the molecule is CCOc1cccc(C2/C(=C(\O)c3ccc4c(c3)CC(C)O4)C(=O)C(=O)N2c2nnc(C)s2)c1. The van der Waals surface area contributed by atoms with Crippen molar-refractivity contribution in [2.75, 3.05) is 11.5 Å². The number of Topliss-reactive ketones (excluding diaryl/α,β-unsaturated/α-hetero) is 1. The number of nitrogens with zero attached hydrogens (tertiary/aromatic N) is 3. The van der Waals surface area contributed by atoms with Gasteiger partial charge in [0.1, 0.15) is 28.4 Å². The van der Waals surface area contributed by atoms with Crippen molar-refractivity contribution >= 4 is 33.9 Å². The highest BCUT2D eigenvalue weighted by Gasteiger charge is 2.48. The van der Waals surface area contributed by atoms with E-state index in [0.717, 1.165) is 11.3 Å². The van der Waals surface area contributed by atoms with Gasteiger partial charge in [0.2, 0.25) is 5.13 Å². The molecular formula is C25H23N3O5S. The number of ether oxygens (including phenoxy) is 2. The van der Waals surface area contributed by atoms with E-state index in [1.807, 2.05) is 19.9 Å². The molecule has 5 rings (SSSR count). The van der Waals surface area contributed by atoms with E-state index in [2.05, 4.69) is 10.2 Å². The third kappa shape index (κ3) is 3.71. The van der Waals surface area contributed by atoms with E-state index in [-0.39, 0.29) is 17.4 Å². The quantitative estimate of drug-likeness (QED) is 0.334. The Morgan fingerprint density at radius 3 is 2.79 bits per heavy atom. The van der Waals surface area contributed by atoms with Crippen LogP contribution >= 0.6 is 11.3 Å². The molecule has 3 aromatic rings. The van der Waals surface area contributed by atoms with E-state index in [4.69, 9.17) is 9.47 Å². The molecule has 0 aliphatic carbocycles. The zero-order chi connectivity index (χ0) is 24.0. The van der Waals surface area contributed by atoms with Crippen LogP contribution in [-0.2, 0) is 16.0 Å². The molecular weight excluding hydrogens is 454 g/mol. The molecule has 1 fully saturated rings. The Kier molecular flexibility index (Phi) is 5.57. The van der Waals surface area contributed by atoms with Gasteiger partial charge in [0.15, 0.2) is 0 Å². The van der Waals surface area contributed by atoms with Gasteiger partial charge in [-0.2, -0.15) is 0 Å². The summed E-state index contributed by atoms with van der Waals surface area (Å²) >= 11 is 1.21. The Balaban J connectivity index is 1.68. The summed E-state index contributed by atoms with van der Waals surface area (Å²) in [5, 5.41) is 20.4. The number of aliphatic hydroxyl groups is 1. The predicted molar refractivity (Wildman–Crippen MR) is 127 cm³/mol. The first kappa shape index (κ1) is 22.1. The Bertz CT molecular complexity index is 1330. The van der Waals surface area contributed by atoms with Crippen molar-refractivity contribution in [2.24, 2.45) is 0 Å².